The minimum absolute atomic E-state index is 0. The standard InChI is InChI=1S/C15H24BrNO3.ClH/c1-9(2)5-6-12(18)15(17)10-7-14(20-4)11(16)8-13(10)19-3;/h7-9,12,15,18H,5-6,17H2,1-4H3;1H/t12-,15+;/m1./s1. The van der Waals surface area contributed by atoms with Crippen molar-refractivity contribution in [1.29, 1.82) is 0 Å². The number of hydrogen-bond donors (Lipinski definition) is 2. The molecule has 0 aliphatic carbocycles. The molecule has 2 atom stereocenters. The fourth-order valence-corrected chi connectivity index (χ4v) is 2.52. The highest BCUT2D eigenvalue weighted by molar-refractivity contribution is 9.10. The topological polar surface area (TPSA) is 64.7 Å². The summed E-state index contributed by atoms with van der Waals surface area (Å²) in [6.07, 6.45) is 1.00. The van der Waals surface area contributed by atoms with E-state index in [1.165, 1.54) is 0 Å². The van der Waals surface area contributed by atoms with Crippen molar-refractivity contribution >= 4 is 28.3 Å². The van der Waals surface area contributed by atoms with Crippen molar-refractivity contribution in [2.24, 2.45) is 11.7 Å². The van der Waals surface area contributed by atoms with E-state index in [-0.39, 0.29) is 12.4 Å². The van der Waals surface area contributed by atoms with Crippen LogP contribution in [-0.2, 0) is 0 Å². The van der Waals surface area contributed by atoms with Crippen LogP contribution in [0.5, 0.6) is 11.5 Å². The van der Waals surface area contributed by atoms with Gasteiger partial charge < -0.3 is 20.3 Å². The van der Waals surface area contributed by atoms with Gasteiger partial charge in [0.15, 0.2) is 0 Å². The summed E-state index contributed by atoms with van der Waals surface area (Å²) in [5.41, 5.74) is 6.93. The summed E-state index contributed by atoms with van der Waals surface area (Å²) < 4.78 is 11.4. The molecular formula is C15H25BrClNO3. The Kier molecular flexibility index (Phi) is 9.29. The maximum absolute atomic E-state index is 10.2. The number of halogens is 2. The molecule has 0 saturated heterocycles. The monoisotopic (exact) mass is 381 g/mol. The Morgan fingerprint density at radius 2 is 1.71 bits per heavy atom. The van der Waals surface area contributed by atoms with Crippen molar-refractivity contribution < 1.29 is 14.6 Å². The second kappa shape index (κ2) is 9.51. The molecule has 1 aromatic carbocycles. The lowest BCUT2D eigenvalue weighted by Gasteiger charge is -2.23. The van der Waals surface area contributed by atoms with Gasteiger partial charge in [-0.05, 0) is 46.8 Å². The van der Waals surface area contributed by atoms with Crippen molar-refractivity contribution in [1.82, 2.24) is 0 Å². The van der Waals surface area contributed by atoms with Crippen molar-refractivity contribution in [2.45, 2.75) is 38.8 Å². The first kappa shape index (κ1) is 20.5. The second-order valence-corrected chi connectivity index (χ2v) is 6.15. The normalized spacial score (nSPS) is 13.5. The first-order chi connectivity index (χ1) is 9.40. The van der Waals surface area contributed by atoms with E-state index >= 15 is 0 Å². The fraction of sp³-hybridized carbons (Fsp3) is 0.600. The van der Waals surface area contributed by atoms with E-state index in [9.17, 15) is 5.11 Å². The van der Waals surface area contributed by atoms with Crippen LogP contribution in [-0.4, -0.2) is 25.4 Å². The van der Waals surface area contributed by atoms with Gasteiger partial charge >= 0.3 is 0 Å². The minimum atomic E-state index is -0.600. The number of rotatable bonds is 7. The molecular weight excluding hydrogens is 358 g/mol. The molecule has 0 aromatic heterocycles. The molecule has 0 amide bonds. The number of methoxy groups -OCH3 is 2. The quantitative estimate of drug-likeness (QED) is 0.755. The van der Waals surface area contributed by atoms with Crippen LogP contribution in [0.15, 0.2) is 16.6 Å². The lowest BCUT2D eigenvalue weighted by molar-refractivity contribution is 0.127. The van der Waals surface area contributed by atoms with Crippen molar-refractivity contribution in [3.63, 3.8) is 0 Å². The van der Waals surface area contributed by atoms with E-state index in [4.69, 9.17) is 15.2 Å². The molecule has 0 unspecified atom stereocenters. The number of aliphatic hydroxyl groups excluding tert-OH is 1. The van der Waals surface area contributed by atoms with Gasteiger partial charge in [0.1, 0.15) is 11.5 Å². The van der Waals surface area contributed by atoms with E-state index < -0.39 is 12.1 Å². The molecule has 4 nitrogen and oxygen atoms in total. The van der Waals surface area contributed by atoms with Crippen molar-refractivity contribution in [3.05, 3.63) is 22.2 Å². The summed E-state index contributed by atoms with van der Waals surface area (Å²) >= 11 is 3.41. The summed E-state index contributed by atoms with van der Waals surface area (Å²) in [6.45, 7) is 4.25. The molecule has 0 bridgehead atoms. The molecule has 122 valence electrons. The molecule has 0 aliphatic heterocycles. The molecule has 21 heavy (non-hydrogen) atoms. The first-order valence-corrected chi connectivity index (χ1v) is 7.55. The highest BCUT2D eigenvalue weighted by Gasteiger charge is 2.22. The van der Waals surface area contributed by atoms with E-state index in [2.05, 4.69) is 29.8 Å². The van der Waals surface area contributed by atoms with Gasteiger partial charge in [-0.1, -0.05) is 13.8 Å². The summed E-state index contributed by atoms with van der Waals surface area (Å²) in [6, 6.07) is 3.13. The SMILES string of the molecule is COc1cc([C@H](N)[C@H](O)CCC(C)C)c(OC)cc1Br.Cl. The Hall–Kier alpha value is -0.490. The number of ether oxygens (including phenoxy) is 2. The van der Waals surface area contributed by atoms with Crippen LogP contribution in [0.3, 0.4) is 0 Å². The average molecular weight is 383 g/mol. The Morgan fingerprint density at radius 1 is 1.14 bits per heavy atom. The molecule has 3 N–H and O–H groups in total. The number of nitrogens with two attached hydrogens (primary N) is 1. The third-order valence-corrected chi connectivity index (χ3v) is 3.94. The predicted octanol–water partition coefficient (Wildman–Crippen LogP) is 3.69. The molecule has 0 saturated carbocycles. The summed E-state index contributed by atoms with van der Waals surface area (Å²) in [5.74, 6) is 1.86. The summed E-state index contributed by atoms with van der Waals surface area (Å²) in [4.78, 5) is 0. The zero-order chi connectivity index (χ0) is 15.3. The minimum Gasteiger partial charge on any atom is -0.496 e. The molecule has 0 radical (unpaired) electrons. The third-order valence-electron chi connectivity index (χ3n) is 3.32. The number of hydrogen-bond acceptors (Lipinski definition) is 4. The van der Waals surface area contributed by atoms with Crippen molar-refractivity contribution in [2.75, 3.05) is 14.2 Å². The van der Waals surface area contributed by atoms with Crippen LogP contribution in [0.25, 0.3) is 0 Å². The Balaban J connectivity index is 0.00000400. The van der Waals surface area contributed by atoms with Gasteiger partial charge in [0.25, 0.3) is 0 Å². The highest BCUT2D eigenvalue weighted by atomic mass is 79.9. The first-order valence-electron chi connectivity index (χ1n) is 6.75. The van der Waals surface area contributed by atoms with Crippen LogP contribution in [0.2, 0.25) is 0 Å². The van der Waals surface area contributed by atoms with Gasteiger partial charge in [0, 0.05) is 5.56 Å². The third kappa shape index (κ3) is 5.66. The fourth-order valence-electron chi connectivity index (χ4n) is 2.04. The van der Waals surface area contributed by atoms with Crippen LogP contribution >= 0.6 is 28.3 Å². The average Bonchev–Trinajstić information content (AvgIpc) is 2.43. The summed E-state index contributed by atoms with van der Waals surface area (Å²) in [5, 5.41) is 10.2. The predicted molar refractivity (Wildman–Crippen MR) is 91.5 cm³/mol. The highest BCUT2D eigenvalue weighted by Crippen LogP contribution is 2.36. The van der Waals surface area contributed by atoms with E-state index in [0.29, 0.717) is 23.8 Å². The lowest BCUT2D eigenvalue weighted by atomic mass is 9.95. The van der Waals surface area contributed by atoms with Crippen molar-refractivity contribution in [3.8, 4) is 11.5 Å². The van der Waals surface area contributed by atoms with Gasteiger partial charge in [0.2, 0.25) is 0 Å². The Bertz CT molecular complexity index is 443. The van der Waals surface area contributed by atoms with Crippen LogP contribution in [0.1, 0.15) is 38.3 Å². The van der Waals surface area contributed by atoms with Gasteiger partial charge in [-0.2, -0.15) is 0 Å². The van der Waals surface area contributed by atoms with Crippen LogP contribution in [0, 0.1) is 5.92 Å². The summed E-state index contributed by atoms with van der Waals surface area (Å²) in [7, 11) is 3.18. The van der Waals surface area contributed by atoms with Gasteiger partial charge in [-0.3, -0.25) is 0 Å². The maximum Gasteiger partial charge on any atom is 0.133 e. The molecule has 0 fully saturated rings. The smallest absolute Gasteiger partial charge is 0.133 e. The second-order valence-electron chi connectivity index (χ2n) is 5.29. The van der Waals surface area contributed by atoms with E-state index in [0.717, 1.165) is 16.5 Å². The largest absolute Gasteiger partial charge is 0.496 e. The number of benzene rings is 1. The lowest BCUT2D eigenvalue weighted by Crippen LogP contribution is -2.27. The van der Waals surface area contributed by atoms with Gasteiger partial charge in [0.05, 0.1) is 30.8 Å². The zero-order valence-electron chi connectivity index (χ0n) is 12.9. The molecule has 0 aliphatic rings. The Labute approximate surface area is 141 Å². The maximum atomic E-state index is 10.2. The van der Waals surface area contributed by atoms with Crippen LogP contribution in [0.4, 0.5) is 0 Å². The molecule has 1 aromatic rings. The van der Waals surface area contributed by atoms with E-state index in [1.54, 1.807) is 14.2 Å². The molecule has 0 heterocycles. The van der Waals surface area contributed by atoms with Gasteiger partial charge in [-0.15, -0.1) is 12.4 Å². The zero-order valence-corrected chi connectivity index (χ0v) is 15.3. The molecule has 6 heteroatoms. The van der Waals surface area contributed by atoms with Gasteiger partial charge in [-0.25, -0.2) is 0 Å². The number of aliphatic hydroxyl groups is 1. The van der Waals surface area contributed by atoms with Crippen LogP contribution < -0.4 is 15.2 Å². The van der Waals surface area contributed by atoms with E-state index in [1.807, 2.05) is 12.1 Å². The molecule has 0 spiro atoms. The molecule has 1 rings (SSSR count). The Morgan fingerprint density at radius 3 is 2.19 bits per heavy atom.